The lowest BCUT2D eigenvalue weighted by Gasteiger charge is -2.00. The molecule has 0 aliphatic heterocycles. The Morgan fingerprint density at radius 3 is 1.70 bits per heavy atom. The SMILES string of the molecule is CC#CCCCCCCCCCCC#CCCC(=O)O. The number of carboxylic acid groups (broad SMARTS) is 1. The summed E-state index contributed by atoms with van der Waals surface area (Å²) in [5.74, 6) is 11.2. The fourth-order valence-corrected chi connectivity index (χ4v) is 1.96. The van der Waals surface area contributed by atoms with Crippen molar-refractivity contribution in [2.24, 2.45) is 0 Å². The molecular weight excluding hydrogens is 248 g/mol. The van der Waals surface area contributed by atoms with E-state index < -0.39 is 5.97 Å². The predicted molar refractivity (Wildman–Crippen MR) is 84.3 cm³/mol. The monoisotopic (exact) mass is 276 g/mol. The van der Waals surface area contributed by atoms with Gasteiger partial charge in [-0.1, -0.05) is 38.5 Å². The summed E-state index contributed by atoms with van der Waals surface area (Å²) < 4.78 is 0. The van der Waals surface area contributed by atoms with E-state index >= 15 is 0 Å². The Balaban J connectivity index is 3.12. The summed E-state index contributed by atoms with van der Waals surface area (Å²) in [6.45, 7) is 1.90. The average Bonchev–Trinajstić information content (AvgIpc) is 2.43. The minimum absolute atomic E-state index is 0.164. The number of unbranched alkanes of at least 4 members (excludes halogenated alkanes) is 9. The van der Waals surface area contributed by atoms with Crippen LogP contribution in [0.25, 0.3) is 0 Å². The van der Waals surface area contributed by atoms with E-state index in [4.69, 9.17) is 5.11 Å². The summed E-state index contributed by atoms with van der Waals surface area (Å²) in [7, 11) is 0. The molecule has 0 saturated carbocycles. The highest BCUT2D eigenvalue weighted by Gasteiger charge is 1.92. The maximum Gasteiger partial charge on any atom is 0.304 e. The minimum atomic E-state index is -0.763. The van der Waals surface area contributed by atoms with Gasteiger partial charge in [-0.25, -0.2) is 0 Å². The Kier molecular flexibility index (Phi) is 14.5. The van der Waals surface area contributed by atoms with E-state index in [9.17, 15) is 4.79 Å². The van der Waals surface area contributed by atoms with Crippen molar-refractivity contribution < 1.29 is 9.90 Å². The fraction of sp³-hybridized carbons (Fsp3) is 0.722. The maximum absolute atomic E-state index is 10.3. The highest BCUT2D eigenvalue weighted by molar-refractivity contribution is 5.66. The van der Waals surface area contributed by atoms with E-state index in [-0.39, 0.29) is 6.42 Å². The topological polar surface area (TPSA) is 37.3 Å². The Hall–Kier alpha value is -1.41. The first-order chi connectivity index (χ1) is 9.77. The summed E-state index contributed by atoms with van der Waals surface area (Å²) in [5, 5.41) is 8.44. The van der Waals surface area contributed by atoms with Crippen molar-refractivity contribution in [3.8, 4) is 23.7 Å². The molecule has 0 heterocycles. The standard InChI is InChI=1S/C18H28O2/c1-2-3-4-5-6-7-8-9-10-11-12-13-14-15-16-17-18(19)20/h4-13,16-17H2,1H3,(H,19,20). The lowest BCUT2D eigenvalue weighted by molar-refractivity contribution is -0.136. The van der Waals surface area contributed by atoms with E-state index in [0.29, 0.717) is 6.42 Å². The van der Waals surface area contributed by atoms with Crippen molar-refractivity contribution in [3.63, 3.8) is 0 Å². The van der Waals surface area contributed by atoms with Crippen LogP contribution < -0.4 is 0 Å². The van der Waals surface area contributed by atoms with Crippen LogP contribution in [0.4, 0.5) is 0 Å². The summed E-state index contributed by atoms with van der Waals surface area (Å²) >= 11 is 0. The second-order valence-electron chi connectivity index (χ2n) is 5.00. The molecule has 112 valence electrons. The molecule has 0 amide bonds. The van der Waals surface area contributed by atoms with Gasteiger partial charge in [0.2, 0.25) is 0 Å². The predicted octanol–water partition coefficient (Wildman–Crippen LogP) is 4.78. The molecule has 0 bridgehead atoms. The van der Waals surface area contributed by atoms with Gasteiger partial charge in [0.25, 0.3) is 0 Å². The largest absolute Gasteiger partial charge is 0.481 e. The molecule has 0 unspecified atom stereocenters. The van der Waals surface area contributed by atoms with Crippen LogP contribution in [0.3, 0.4) is 0 Å². The third-order valence-electron chi connectivity index (χ3n) is 3.12. The van der Waals surface area contributed by atoms with Gasteiger partial charge in [-0.2, -0.15) is 0 Å². The third-order valence-corrected chi connectivity index (χ3v) is 3.12. The first kappa shape index (κ1) is 18.6. The van der Waals surface area contributed by atoms with Gasteiger partial charge < -0.3 is 5.11 Å². The van der Waals surface area contributed by atoms with Crippen LogP contribution in [0.1, 0.15) is 84.0 Å². The lowest BCUT2D eigenvalue weighted by Crippen LogP contribution is -1.91. The van der Waals surface area contributed by atoms with Gasteiger partial charge in [0, 0.05) is 19.3 Å². The van der Waals surface area contributed by atoms with Crippen molar-refractivity contribution in [1.29, 1.82) is 0 Å². The summed E-state index contributed by atoms with van der Waals surface area (Å²) in [6, 6.07) is 0. The van der Waals surface area contributed by atoms with Crippen molar-refractivity contribution in [1.82, 2.24) is 0 Å². The van der Waals surface area contributed by atoms with E-state index in [0.717, 1.165) is 19.3 Å². The molecule has 0 aliphatic rings. The molecule has 2 heteroatoms. The van der Waals surface area contributed by atoms with E-state index in [2.05, 4.69) is 23.7 Å². The van der Waals surface area contributed by atoms with Crippen LogP contribution in [0.2, 0.25) is 0 Å². The van der Waals surface area contributed by atoms with Gasteiger partial charge in [-0.05, 0) is 19.8 Å². The number of carboxylic acids is 1. The first-order valence-electron chi connectivity index (χ1n) is 7.84. The molecule has 0 radical (unpaired) electrons. The van der Waals surface area contributed by atoms with E-state index in [1.165, 1.54) is 44.9 Å². The first-order valence-corrected chi connectivity index (χ1v) is 7.84. The molecule has 20 heavy (non-hydrogen) atoms. The molecule has 0 aromatic rings. The Morgan fingerprint density at radius 2 is 1.20 bits per heavy atom. The van der Waals surface area contributed by atoms with E-state index in [1.54, 1.807) is 0 Å². The molecule has 0 fully saturated rings. The van der Waals surface area contributed by atoms with Gasteiger partial charge in [-0.15, -0.1) is 23.7 Å². The van der Waals surface area contributed by atoms with Gasteiger partial charge in [0.1, 0.15) is 0 Å². The quantitative estimate of drug-likeness (QED) is 0.435. The van der Waals surface area contributed by atoms with Crippen molar-refractivity contribution >= 4 is 5.97 Å². The second-order valence-corrected chi connectivity index (χ2v) is 5.00. The van der Waals surface area contributed by atoms with Crippen LogP contribution in [-0.4, -0.2) is 11.1 Å². The molecule has 1 N–H and O–H groups in total. The van der Waals surface area contributed by atoms with Crippen LogP contribution in [0.15, 0.2) is 0 Å². The van der Waals surface area contributed by atoms with Crippen molar-refractivity contribution in [3.05, 3.63) is 0 Å². The molecule has 2 nitrogen and oxygen atoms in total. The summed E-state index contributed by atoms with van der Waals surface area (Å²) in [6.07, 6.45) is 12.8. The summed E-state index contributed by atoms with van der Waals surface area (Å²) in [4.78, 5) is 10.3. The van der Waals surface area contributed by atoms with Gasteiger partial charge in [0.15, 0.2) is 0 Å². The Bertz CT molecular complexity index is 349. The summed E-state index contributed by atoms with van der Waals surface area (Å²) in [5.41, 5.74) is 0. The highest BCUT2D eigenvalue weighted by atomic mass is 16.4. The highest BCUT2D eigenvalue weighted by Crippen LogP contribution is 2.10. The Morgan fingerprint density at radius 1 is 0.750 bits per heavy atom. The zero-order valence-corrected chi connectivity index (χ0v) is 12.8. The van der Waals surface area contributed by atoms with Crippen LogP contribution >= 0.6 is 0 Å². The Labute approximate surface area is 124 Å². The van der Waals surface area contributed by atoms with Gasteiger partial charge in [0.05, 0.1) is 6.42 Å². The molecule has 0 aromatic heterocycles. The molecule has 0 spiro atoms. The number of carbonyl (C=O) groups is 1. The van der Waals surface area contributed by atoms with Crippen LogP contribution in [0, 0.1) is 23.7 Å². The zero-order valence-electron chi connectivity index (χ0n) is 12.8. The van der Waals surface area contributed by atoms with Gasteiger partial charge in [-0.3, -0.25) is 4.79 Å². The zero-order chi connectivity index (χ0) is 14.9. The van der Waals surface area contributed by atoms with Gasteiger partial charge >= 0.3 is 5.97 Å². The van der Waals surface area contributed by atoms with E-state index in [1.807, 2.05) is 6.92 Å². The third kappa shape index (κ3) is 16.6. The smallest absolute Gasteiger partial charge is 0.304 e. The number of aliphatic carboxylic acids is 1. The molecule has 0 aliphatic carbocycles. The van der Waals surface area contributed by atoms with Crippen molar-refractivity contribution in [2.45, 2.75) is 84.0 Å². The minimum Gasteiger partial charge on any atom is -0.481 e. The number of rotatable bonds is 11. The fourth-order valence-electron chi connectivity index (χ4n) is 1.96. The maximum atomic E-state index is 10.3. The average molecular weight is 276 g/mol. The second kappa shape index (κ2) is 15.6. The lowest BCUT2D eigenvalue weighted by atomic mass is 10.1. The molecule has 0 saturated heterocycles. The van der Waals surface area contributed by atoms with Crippen LogP contribution in [0.5, 0.6) is 0 Å². The van der Waals surface area contributed by atoms with Crippen molar-refractivity contribution in [2.75, 3.05) is 0 Å². The molecular formula is C18H28O2. The molecule has 0 rings (SSSR count). The molecule has 0 aromatic carbocycles. The normalized spacial score (nSPS) is 9.25. The number of hydrogen-bond acceptors (Lipinski definition) is 1. The van der Waals surface area contributed by atoms with Crippen LogP contribution in [-0.2, 0) is 4.79 Å². The number of hydrogen-bond donors (Lipinski definition) is 1. The molecule has 0 atom stereocenters.